The molecule has 0 aromatic heterocycles. The molecule has 34 heavy (non-hydrogen) atoms. The number of para-hydroxylation sites is 4. The van der Waals surface area contributed by atoms with E-state index in [4.69, 9.17) is 28.9 Å². The van der Waals surface area contributed by atoms with Crippen molar-refractivity contribution in [3.05, 3.63) is 48.5 Å². The van der Waals surface area contributed by atoms with Crippen LogP contribution in [0.15, 0.2) is 58.5 Å². The maximum Gasteiger partial charge on any atom is 0.175 e. The van der Waals surface area contributed by atoms with Gasteiger partial charge in [-0.05, 0) is 38.1 Å². The van der Waals surface area contributed by atoms with Crippen molar-refractivity contribution in [2.24, 2.45) is 9.98 Å². The van der Waals surface area contributed by atoms with E-state index in [0.717, 1.165) is 34.2 Å². The number of nitrogens with zero attached hydrogens (tertiary/aromatic N) is 4. The van der Waals surface area contributed by atoms with E-state index < -0.39 is 12.5 Å². The van der Waals surface area contributed by atoms with Crippen LogP contribution in [0.3, 0.4) is 0 Å². The molecule has 0 saturated carbocycles. The lowest BCUT2D eigenvalue weighted by Crippen LogP contribution is -2.54. The predicted octanol–water partition coefficient (Wildman–Crippen LogP) is 4.19. The van der Waals surface area contributed by atoms with Crippen LogP contribution in [0.5, 0.6) is 0 Å². The second-order valence-electron chi connectivity index (χ2n) is 8.03. The van der Waals surface area contributed by atoms with Gasteiger partial charge < -0.3 is 28.7 Å². The summed E-state index contributed by atoms with van der Waals surface area (Å²) in [7, 11) is 4.04. The fourth-order valence-electron chi connectivity index (χ4n) is 4.18. The average Bonchev–Trinajstić information content (AvgIpc) is 2.86. The van der Waals surface area contributed by atoms with E-state index in [1.54, 1.807) is 0 Å². The minimum atomic E-state index is -0.425. The third kappa shape index (κ3) is 5.15. The molecule has 0 N–H and O–H groups in total. The highest BCUT2D eigenvalue weighted by Crippen LogP contribution is 2.38. The molecule has 0 unspecified atom stereocenters. The maximum absolute atomic E-state index is 6.33. The Balaban J connectivity index is 1.73. The first-order valence-corrected chi connectivity index (χ1v) is 11.9. The summed E-state index contributed by atoms with van der Waals surface area (Å²) in [6.45, 7) is 7.17. The van der Waals surface area contributed by atoms with E-state index in [1.165, 1.54) is 0 Å². The quantitative estimate of drug-likeness (QED) is 0.463. The van der Waals surface area contributed by atoms with E-state index in [0.29, 0.717) is 39.6 Å². The highest BCUT2D eigenvalue weighted by Gasteiger charge is 2.39. The van der Waals surface area contributed by atoms with Gasteiger partial charge in [-0.1, -0.05) is 24.3 Å². The molecule has 0 saturated heterocycles. The largest absolute Gasteiger partial charge is 0.379 e. The van der Waals surface area contributed by atoms with Crippen molar-refractivity contribution in [1.82, 2.24) is 0 Å². The summed E-state index contributed by atoms with van der Waals surface area (Å²) in [5.74, 6) is 0. The van der Waals surface area contributed by atoms with Gasteiger partial charge in [0, 0.05) is 27.3 Å². The fourth-order valence-corrected chi connectivity index (χ4v) is 4.18. The summed E-state index contributed by atoms with van der Waals surface area (Å²) in [5.41, 5.74) is 5.24. The fraction of sp³-hybridized carbons (Fsp3) is 0.462. The van der Waals surface area contributed by atoms with E-state index in [9.17, 15) is 0 Å². The number of ether oxygens (including phenoxy) is 4. The zero-order valence-corrected chi connectivity index (χ0v) is 20.4. The van der Waals surface area contributed by atoms with Gasteiger partial charge in [0.15, 0.2) is 12.5 Å². The molecule has 8 heteroatoms. The third-order valence-electron chi connectivity index (χ3n) is 5.85. The third-order valence-corrected chi connectivity index (χ3v) is 5.85. The summed E-state index contributed by atoms with van der Waals surface area (Å²) >= 11 is 0. The van der Waals surface area contributed by atoms with Crippen molar-refractivity contribution in [3.63, 3.8) is 0 Å². The molecule has 0 amide bonds. The smallest absolute Gasteiger partial charge is 0.175 e. The number of benzene rings is 2. The van der Waals surface area contributed by atoms with Crippen molar-refractivity contribution < 1.29 is 18.9 Å². The van der Waals surface area contributed by atoms with E-state index in [2.05, 4.69) is 21.9 Å². The number of hydrogen-bond donors (Lipinski definition) is 0. The van der Waals surface area contributed by atoms with Crippen molar-refractivity contribution >= 4 is 34.2 Å². The van der Waals surface area contributed by atoms with Gasteiger partial charge in [-0.2, -0.15) is 0 Å². The van der Waals surface area contributed by atoms with Crippen molar-refractivity contribution in [1.29, 1.82) is 0 Å². The minimum absolute atomic E-state index is 0.425. The minimum Gasteiger partial charge on any atom is -0.379 e. The predicted molar refractivity (Wildman–Crippen MR) is 136 cm³/mol. The van der Waals surface area contributed by atoms with Crippen LogP contribution in [0.2, 0.25) is 0 Å². The molecule has 0 fully saturated rings. The summed E-state index contributed by atoms with van der Waals surface area (Å²) in [6, 6.07) is 16.1. The Bertz CT molecular complexity index is 944. The first kappa shape index (κ1) is 24.3. The lowest BCUT2D eigenvalue weighted by Gasteiger charge is -2.40. The molecule has 2 aliphatic heterocycles. The zero-order chi connectivity index (χ0) is 23.9. The first-order valence-electron chi connectivity index (χ1n) is 11.9. The molecular formula is C26H34N4O4. The van der Waals surface area contributed by atoms with Gasteiger partial charge >= 0.3 is 0 Å². The van der Waals surface area contributed by atoms with Crippen LogP contribution in [0, 0.1) is 0 Å². The molecular weight excluding hydrogens is 432 g/mol. The van der Waals surface area contributed by atoms with Gasteiger partial charge in [0.1, 0.15) is 11.4 Å². The lowest BCUT2D eigenvalue weighted by molar-refractivity contribution is 0.0304. The molecule has 0 bridgehead atoms. The molecule has 2 atom stereocenters. The summed E-state index contributed by atoms with van der Waals surface area (Å²) < 4.78 is 23.7. The van der Waals surface area contributed by atoms with Crippen LogP contribution >= 0.6 is 0 Å². The van der Waals surface area contributed by atoms with E-state index >= 15 is 0 Å². The number of hydrogen-bond acceptors (Lipinski definition) is 8. The lowest BCUT2D eigenvalue weighted by atomic mass is 10.0. The van der Waals surface area contributed by atoms with Gasteiger partial charge in [0.05, 0.1) is 49.2 Å². The Morgan fingerprint density at radius 3 is 1.47 bits per heavy atom. The van der Waals surface area contributed by atoms with Gasteiger partial charge in [0.2, 0.25) is 0 Å². The Labute approximate surface area is 201 Å². The molecule has 2 aliphatic rings. The average molecular weight is 467 g/mol. The molecule has 4 rings (SSSR count). The van der Waals surface area contributed by atoms with Gasteiger partial charge in [-0.15, -0.1) is 0 Å². The van der Waals surface area contributed by atoms with E-state index in [1.807, 2.05) is 64.3 Å². The number of aliphatic imine (C=N–C) groups is 2. The highest BCUT2D eigenvalue weighted by atomic mass is 16.5. The number of fused-ring (bicyclic) bond motifs is 2. The molecule has 0 aliphatic carbocycles. The van der Waals surface area contributed by atoms with Gasteiger partial charge in [-0.3, -0.25) is 0 Å². The summed E-state index contributed by atoms with van der Waals surface area (Å²) in [4.78, 5) is 14.3. The topological polar surface area (TPSA) is 68.1 Å². The Morgan fingerprint density at radius 1 is 0.647 bits per heavy atom. The number of anilines is 2. The van der Waals surface area contributed by atoms with Crippen molar-refractivity contribution in [2.45, 2.75) is 26.3 Å². The molecule has 2 aromatic carbocycles. The Morgan fingerprint density at radius 2 is 1.06 bits per heavy atom. The van der Waals surface area contributed by atoms with Crippen LogP contribution in [0.1, 0.15) is 13.8 Å². The van der Waals surface area contributed by atoms with Gasteiger partial charge in [-0.25, -0.2) is 9.98 Å². The van der Waals surface area contributed by atoms with Crippen LogP contribution < -0.4 is 9.80 Å². The van der Waals surface area contributed by atoms with Crippen LogP contribution in [-0.4, -0.2) is 77.6 Å². The molecule has 0 spiro atoms. The molecule has 0 radical (unpaired) electrons. The van der Waals surface area contributed by atoms with Gasteiger partial charge in [0.25, 0.3) is 0 Å². The SMILES string of the molecule is CCOCCO[C@@H]1C(C2=Nc3ccccc3N(C)[C@H]2OCCOCC)=Nc2ccccc2N1C. The molecule has 2 heterocycles. The molecule has 2 aromatic rings. The Kier molecular flexibility index (Phi) is 8.29. The standard InChI is InChI=1S/C26H34N4O4/c1-5-31-15-17-33-25-23(27-19-11-7-9-13-21(19)29(25)3)24-26(34-18-16-32-6-2)30(4)22-14-10-8-12-20(22)28-24/h7-14,25-26H,5-6,15-18H2,1-4H3/t25-,26+. The zero-order valence-electron chi connectivity index (χ0n) is 20.4. The number of rotatable bonds is 11. The first-order chi connectivity index (χ1) is 16.7. The van der Waals surface area contributed by atoms with Crippen molar-refractivity contribution in [2.75, 3.05) is 63.5 Å². The van der Waals surface area contributed by atoms with Crippen LogP contribution in [-0.2, 0) is 18.9 Å². The Hall–Kier alpha value is -2.78. The van der Waals surface area contributed by atoms with E-state index in [-0.39, 0.29) is 0 Å². The monoisotopic (exact) mass is 466 g/mol. The van der Waals surface area contributed by atoms with Crippen molar-refractivity contribution in [3.8, 4) is 0 Å². The normalized spacial score (nSPS) is 19.4. The highest BCUT2D eigenvalue weighted by molar-refractivity contribution is 6.48. The second-order valence-corrected chi connectivity index (χ2v) is 8.03. The molecule has 182 valence electrons. The van der Waals surface area contributed by atoms with Crippen LogP contribution in [0.25, 0.3) is 0 Å². The second kappa shape index (κ2) is 11.6. The summed E-state index contributed by atoms with van der Waals surface area (Å²) in [6.07, 6.45) is -0.850. The molecule has 8 nitrogen and oxygen atoms in total. The van der Waals surface area contributed by atoms with Crippen LogP contribution in [0.4, 0.5) is 22.7 Å². The maximum atomic E-state index is 6.33. The summed E-state index contributed by atoms with van der Waals surface area (Å²) in [5, 5.41) is 0.